The predicted molar refractivity (Wildman–Crippen MR) is 133 cm³/mol. The highest BCUT2D eigenvalue weighted by molar-refractivity contribution is 7.92. The van der Waals surface area contributed by atoms with Crippen molar-refractivity contribution >= 4 is 50.7 Å². The number of rotatable bonds is 9. The van der Waals surface area contributed by atoms with E-state index in [1.54, 1.807) is 13.0 Å². The molecule has 1 fully saturated rings. The molecule has 1 saturated carbocycles. The number of sulfonamides is 1. The lowest BCUT2D eigenvalue weighted by molar-refractivity contribution is 0.191. The largest absolute Gasteiger partial charge is 0.465 e. The first-order valence-corrected chi connectivity index (χ1v) is 13.6. The van der Waals surface area contributed by atoms with Gasteiger partial charge in [-0.15, -0.1) is 11.3 Å². The van der Waals surface area contributed by atoms with E-state index in [2.05, 4.69) is 30.3 Å². The third-order valence-electron chi connectivity index (χ3n) is 4.98. The zero-order valence-electron chi connectivity index (χ0n) is 18.7. The van der Waals surface area contributed by atoms with E-state index in [4.69, 9.17) is 16.7 Å². The molecule has 3 aromatic rings. The zero-order valence-corrected chi connectivity index (χ0v) is 21.1. The Morgan fingerprint density at radius 3 is 2.74 bits per heavy atom. The van der Waals surface area contributed by atoms with Crippen LogP contribution in [0.4, 0.5) is 20.8 Å². The molecular formula is C21H22ClFN6O4S2. The van der Waals surface area contributed by atoms with Crippen LogP contribution in [0.5, 0.6) is 0 Å². The molecule has 0 bridgehead atoms. The van der Waals surface area contributed by atoms with Gasteiger partial charge < -0.3 is 15.7 Å². The van der Waals surface area contributed by atoms with Crippen molar-refractivity contribution in [2.24, 2.45) is 0 Å². The molecule has 1 aliphatic rings. The second kappa shape index (κ2) is 9.91. The number of thiazole rings is 1. The molecular weight excluding hydrogens is 519 g/mol. The third-order valence-corrected chi connectivity index (χ3v) is 7.03. The Hall–Kier alpha value is -3.03. The van der Waals surface area contributed by atoms with Gasteiger partial charge in [0.05, 0.1) is 33.2 Å². The minimum Gasteiger partial charge on any atom is -0.465 e. The molecule has 0 spiro atoms. The molecule has 1 aromatic carbocycles. The van der Waals surface area contributed by atoms with Crippen LogP contribution in [-0.4, -0.2) is 53.4 Å². The molecule has 10 nitrogen and oxygen atoms in total. The number of hydrogen-bond acceptors (Lipinski definition) is 8. The second-order valence-corrected chi connectivity index (χ2v) is 11.4. The van der Waals surface area contributed by atoms with Gasteiger partial charge >= 0.3 is 6.09 Å². The Kier molecular flexibility index (Phi) is 7.10. The normalized spacial score (nSPS) is 14.4. The number of halogens is 2. The second-order valence-electron chi connectivity index (χ2n) is 8.19. The van der Waals surface area contributed by atoms with Crippen LogP contribution in [0.15, 0.2) is 24.4 Å². The molecule has 2 aromatic heterocycles. The number of benzene rings is 1. The van der Waals surface area contributed by atoms with E-state index < -0.39 is 21.9 Å². The number of carbonyl (C=O) groups is 1. The van der Waals surface area contributed by atoms with Gasteiger partial charge in [-0.25, -0.2) is 32.6 Å². The first-order valence-electron chi connectivity index (χ1n) is 10.5. The molecule has 1 atom stereocenters. The molecule has 4 rings (SSSR count). The molecule has 0 saturated heterocycles. The van der Waals surface area contributed by atoms with Gasteiger partial charge in [-0.1, -0.05) is 11.6 Å². The maximum absolute atomic E-state index is 15.5. The summed E-state index contributed by atoms with van der Waals surface area (Å²) in [6, 6.07) is 3.88. The van der Waals surface area contributed by atoms with Crippen molar-refractivity contribution in [3.63, 3.8) is 0 Å². The lowest BCUT2D eigenvalue weighted by Gasteiger charge is -2.13. The fourth-order valence-electron chi connectivity index (χ4n) is 3.31. The van der Waals surface area contributed by atoms with Gasteiger partial charge in [0.25, 0.3) is 0 Å². The van der Waals surface area contributed by atoms with E-state index in [-0.39, 0.29) is 40.7 Å². The summed E-state index contributed by atoms with van der Waals surface area (Å²) < 4.78 is 41.0. The minimum atomic E-state index is -3.74. The Labute approximate surface area is 210 Å². The van der Waals surface area contributed by atoms with Crippen molar-refractivity contribution in [3.05, 3.63) is 40.2 Å². The van der Waals surface area contributed by atoms with Gasteiger partial charge in [-0.2, -0.15) is 0 Å². The van der Waals surface area contributed by atoms with Crippen molar-refractivity contribution in [3.8, 4) is 21.8 Å². The van der Waals surface area contributed by atoms with E-state index in [0.717, 1.165) is 24.1 Å². The van der Waals surface area contributed by atoms with Crippen molar-refractivity contribution < 1.29 is 22.7 Å². The smallest absolute Gasteiger partial charge is 0.404 e. The van der Waals surface area contributed by atoms with Crippen LogP contribution in [0.1, 0.15) is 30.7 Å². The Bertz CT molecular complexity index is 1380. The van der Waals surface area contributed by atoms with Gasteiger partial charge in [0, 0.05) is 35.3 Å². The fourth-order valence-corrected chi connectivity index (χ4v) is 5.30. The Balaban J connectivity index is 1.73. The summed E-state index contributed by atoms with van der Waals surface area (Å²) in [6.45, 7) is 1.94. The van der Waals surface area contributed by atoms with Gasteiger partial charge in [-0.05, 0) is 38.0 Å². The zero-order chi connectivity index (χ0) is 25.3. The van der Waals surface area contributed by atoms with E-state index in [1.807, 2.05) is 0 Å². The van der Waals surface area contributed by atoms with E-state index in [0.29, 0.717) is 16.3 Å². The average molecular weight is 541 g/mol. The first kappa shape index (κ1) is 25.1. The number of hydrogen-bond donors (Lipinski definition) is 4. The molecule has 186 valence electrons. The summed E-state index contributed by atoms with van der Waals surface area (Å²) in [7, 11) is -3.74. The molecule has 0 radical (unpaired) electrons. The average Bonchev–Trinajstić information content (AvgIpc) is 3.52. The maximum atomic E-state index is 15.5. The van der Waals surface area contributed by atoms with Crippen LogP contribution in [0.3, 0.4) is 0 Å². The number of carboxylic acid groups (broad SMARTS) is 1. The summed E-state index contributed by atoms with van der Waals surface area (Å²) in [5, 5.41) is 15.1. The van der Waals surface area contributed by atoms with Crippen LogP contribution < -0.4 is 15.4 Å². The van der Waals surface area contributed by atoms with Crippen LogP contribution in [0.2, 0.25) is 5.02 Å². The highest BCUT2D eigenvalue weighted by Gasteiger charge is 2.30. The lowest BCUT2D eigenvalue weighted by atomic mass is 10.1. The lowest BCUT2D eigenvalue weighted by Crippen LogP contribution is -2.36. The summed E-state index contributed by atoms with van der Waals surface area (Å²) in [4.78, 5) is 24.7. The standard InChI is InChI=1S/C21H22ClFN6O4S2/c1-10(26-21(30)31)9-25-20-24-6-5-14(27-20)18-17(28-19(34-18)11-3-4-11)13-7-12(22)8-15(16(13)23)29-35(2,32)33/h5-8,10-11,26,29H,3-4,9H2,1-2H3,(H,30,31)(H,24,25,27). The van der Waals surface area contributed by atoms with Crippen LogP contribution in [0.25, 0.3) is 21.8 Å². The summed E-state index contributed by atoms with van der Waals surface area (Å²) in [6.07, 6.45) is 3.29. The Morgan fingerprint density at radius 1 is 1.34 bits per heavy atom. The van der Waals surface area contributed by atoms with Crippen LogP contribution >= 0.6 is 22.9 Å². The van der Waals surface area contributed by atoms with Crippen molar-refractivity contribution in [1.29, 1.82) is 0 Å². The van der Waals surface area contributed by atoms with Crippen molar-refractivity contribution in [1.82, 2.24) is 20.3 Å². The van der Waals surface area contributed by atoms with E-state index in [9.17, 15) is 13.2 Å². The summed E-state index contributed by atoms with van der Waals surface area (Å²) >= 11 is 7.59. The minimum absolute atomic E-state index is 0.0502. The van der Waals surface area contributed by atoms with Gasteiger partial charge in [0.1, 0.15) is 0 Å². The quantitative estimate of drug-likeness (QED) is 0.313. The van der Waals surface area contributed by atoms with Gasteiger partial charge in [0.15, 0.2) is 5.82 Å². The number of anilines is 2. The van der Waals surface area contributed by atoms with Crippen molar-refractivity contribution in [2.75, 3.05) is 22.8 Å². The van der Waals surface area contributed by atoms with Crippen LogP contribution in [0, 0.1) is 5.82 Å². The topological polar surface area (TPSA) is 146 Å². The van der Waals surface area contributed by atoms with E-state index in [1.165, 1.54) is 29.7 Å². The molecule has 14 heteroatoms. The number of aromatic nitrogens is 3. The molecule has 35 heavy (non-hydrogen) atoms. The monoisotopic (exact) mass is 540 g/mol. The van der Waals surface area contributed by atoms with Crippen LogP contribution in [-0.2, 0) is 10.0 Å². The molecule has 1 unspecified atom stereocenters. The highest BCUT2D eigenvalue weighted by Crippen LogP contribution is 2.47. The third kappa shape index (κ3) is 6.35. The predicted octanol–water partition coefficient (Wildman–Crippen LogP) is 4.38. The highest BCUT2D eigenvalue weighted by atomic mass is 35.5. The molecule has 4 N–H and O–H groups in total. The summed E-state index contributed by atoms with van der Waals surface area (Å²) in [5.41, 5.74) is 0.567. The molecule has 1 amide bonds. The molecule has 1 aliphatic carbocycles. The summed E-state index contributed by atoms with van der Waals surface area (Å²) in [5.74, 6) is -0.250. The van der Waals surface area contributed by atoms with E-state index >= 15 is 4.39 Å². The van der Waals surface area contributed by atoms with Crippen molar-refractivity contribution in [2.45, 2.75) is 31.7 Å². The maximum Gasteiger partial charge on any atom is 0.404 e. The number of amides is 1. The first-order chi connectivity index (χ1) is 16.5. The van der Waals surface area contributed by atoms with Gasteiger partial charge in [-0.3, -0.25) is 4.72 Å². The number of nitrogens with one attached hydrogen (secondary N) is 3. The Morgan fingerprint density at radius 2 is 2.09 bits per heavy atom. The fraction of sp³-hybridized carbons (Fsp3) is 0.333. The van der Waals surface area contributed by atoms with Gasteiger partial charge in [0.2, 0.25) is 16.0 Å². The number of nitrogens with zero attached hydrogens (tertiary/aromatic N) is 3. The molecule has 0 aliphatic heterocycles. The molecule has 2 heterocycles. The SMILES string of the molecule is CC(CNc1nccc(-c2sc(C3CC3)nc2-c2cc(Cl)cc(NS(C)(=O)=O)c2F)n1)NC(=O)O.